The van der Waals surface area contributed by atoms with E-state index in [0.29, 0.717) is 18.8 Å². The lowest BCUT2D eigenvalue weighted by Crippen LogP contribution is -2.51. The van der Waals surface area contributed by atoms with Crippen molar-refractivity contribution in [2.24, 2.45) is 0 Å². The molecular weight excluding hydrogens is 327 g/mol. The first-order valence-corrected chi connectivity index (χ1v) is 8.44. The predicted octanol–water partition coefficient (Wildman–Crippen LogP) is 3.51. The Morgan fingerprint density at radius 3 is 2.30 bits per heavy atom. The molecule has 4 nitrogen and oxygen atoms in total. The van der Waals surface area contributed by atoms with Crippen molar-refractivity contribution in [3.63, 3.8) is 0 Å². The number of urea groups is 1. The number of carbonyl (C=O) groups excluding carboxylic acids is 1. The van der Waals surface area contributed by atoms with Crippen molar-refractivity contribution in [3.05, 3.63) is 24.3 Å². The van der Waals surface area contributed by atoms with E-state index in [1.54, 1.807) is 16.7 Å². The Balaban J connectivity index is 1.80. The van der Waals surface area contributed by atoms with Crippen molar-refractivity contribution >= 4 is 23.5 Å². The van der Waals surface area contributed by atoms with Crippen LogP contribution in [0.1, 0.15) is 6.92 Å². The minimum Gasteiger partial charge on any atom is -0.322 e. The number of carbonyl (C=O) groups is 1. The minimum absolute atomic E-state index is 0.235. The first-order chi connectivity index (χ1) is 10.9. The van der Waals surface area contributed by atoms with E-state index in [4.69, 9.17) is 0 Å². The van der Waals surface area contributed by atoms with Gasteiger partial charge in [0.1, 0.15) is 0 Å². The summed E-state index contributed by atoms with van der Waals surface area (Å²) in [5.74, 6) is 0.980. The molecule has 0 unspecified atom stereocenters. The second-order valence-electron chi connectivity index (χ2n) is 5.27. The van der Waals surface area contributed by atoms with Gasteiger partial charge in [0, 0.05) is 36.8 Å². The van der Waals surface area contributed by atoms with E-state index >= 15 is 0 Å². The molecule has 1 heterocycles. The molecule has 8 heteroatoms. The fourth-order valence-electron chi connectivity index (χ4n) is 2.37. The van der Waals surface area contributed by atoms with Crippen molar-refractivity contribution in [3.8, 4) is 0 Å². The highest BCUT2D eigenvalue weighted by atomic mass is 32.2. The molecule has 2 amide bonds. The van der Waals surface area contributed by atoms with E-state index in [1.165, 1.54) is 4.90 Å². The van der Waals surface area contributed by atoms with Gasteiger partial charge in [-0.3, -0.25) is 4.90 Å². The number of alkyl halides is 3. The number of amides is 2. The number of hydrogen-bond donors (Lipinski definition) is 1. The van der Waals surface area contributed by atoms with Crippen molar-refractivity contribution in [2.75, 3.05) is 43.8 Å². The van der Waals surface area contributed by atoms with Gasteiger partial charge in [0.2, 0.25) is 0 Å². The summed E-state index contributed by atoms with van der Waals surface area (Å²) in [5.41, 5.74) is 0.688. The molecule has 128 valence electrons. The molecule has 0 spiro atoms. The standard InChI is InChI=1S/C15H20F3N3OS/c1-2-23-13-5-3-12(4-6-13)19-14(22)21-9-7-20(8-10-21)11-15(16,17)18/h3-6H,2,7-11H2,1H3,(H,19,22). The molecule has 0 aliphatic carbocycles. The van der Waals surface area contributed by atoms with E-state index in [0.717, 1.165) is 10.6 Å². The number of benzene rings is 1. The molecule has 0 saturated carbocycles. The molecule has 0 aromatic heterocycles. The van der Waals surface area contributed by atoms with Gasteiger partial charge >= 0.3 is 12.2 Å². The summed E-state index contributed by atoms with van der Waals surface area (Å²) in [6.45, 7) is 2.22. The van der Waals surface area contributed by atoms with Gasteiger partial charge < -0.3 is 10.2 Å². The van der Waals surface area contributed by atoms with Gasteiger partial charge in [0.25, 0.3) is 0 Å². The monoisotopic (exact) mass is 347 g/mol. The van der Waals surface area contributed by atoms with Crippen molar-refractivity contribution in [1.82, 2.24) is 9.80 Å². The molecule has 23 heavy (non-hydrogen) atoms. The summed E-state index contributed by atoms with van der Waals surface area (Å²) in [5, 5.41) is 2.78. The van der Waals surface area contributed by atoms with Crippen molar-refractivity contribution in [1.29, 1.82) is 0 Å². The van der Waals surface area contributed by atoms with Crippen LogP contribution in [0.15, 0.2) is 29.2 Å². The van der Waals surface area contributed by atoms with Crippen LogP contribution in [0.2, 0.25) is 0 Å². The molecule has 1 aliphatic heterocycles. The van der Waals surface area contributed by atoms with Crippen molar-refractivity contribution < 1.29 is 18.0 Å². The van der Waals surface area contributed by atoms with Crippen LogP contribution in [-0.2, 0) is 0 Å². The quantitative estimate of drug-likeness (QED) is 0.847. The van der Waals surface area contributed by atoms with Crippen LogP contribution in [0.25, 0.3) is 0 Å². The van der Waals surface area contributed by atoms with Crippen LogP contribution in [0, 0.1) is 0 Å². The zero-order valence-corrected chi connectivity index (χ0v) is 13.7. The molecular formula is C15H20F3N3OS. The third-order valence-electron chi connectivity index (χ3n) is 3.48. The Morgan fingerprint density at radius 1 is 1.17 bits per heavy atom. The summed E-state index contributed by atoms with van der Waals surface area (Å²) >= 11 is 1.72. The van der Waals surface area contributed by atoms with Gasteiger partial charge in [-0.15, -0.1) is 11.8 Å². The Hall–Kier alpha value is -1.41. The van der Waals surface area contributed by atoms with Gasteiger partial charge in [0.05, 0.1) is 6.54 Å². The van der Waals surface area contributed by atoms with E-state index < -0.39 is 12.7 Å². The smallest absolute Gasteiger partial charge is 0.322 e. The molecule has 0 bridgehead atoms. The maximum absolute atomic E-state index is 12.3. The van der Waals surface area contributed by atoms with Gasteiger partial charge in [0.15, 0.2) is 0 Å². The number of rotatable bonds is 4. The lowest BCUT2D eigenvalue weighted by molar-refractivity contribution is -0.148. The average molecular weight is 347 g/mol. The van der Waals surface area contributed by atoms with E-state index in [-0.39, 0.29) is 19.1 Å². The van der Waals surface area contributed by atoms with Crippen LogP contribution >= 0.6 is 11.8 Å². The maximum atomic E-state index is 12.3. The first kappa shape index (κ1) is 17.9. The fraction of sp³-hybridized carbons (Fsp3) is 0.533. The maximum Gasteiger partial charge on any atom is 0.401 e. The Morgan fingerprint density at radius 2 is 1.78 bits per heavy atom. The van der Waals surface area contributed by atoms with Crippen LogP contribution in [0.3, 0.4) is 0 Å². The van der Waals surface area contributed by atoms with Crippen LogP contribution in [0.5, 0.6) is 0 Å². The highest BCUT2D eigenvalue weighted by Crippen LogP contribution is 2.20. The van der Waals surface area contributed by atoms with Crippen LogP contribution < -0.4 is 5.32 Å². The molecule has 1 fully saturated rings. The van der Waals surface area contributed by atoms with Gasteiger partial charge in [-0.05, 0) is 30.0 Å². The van der Waals surface area contributed by atoms with Crippen molar-refractivity contribution in [2.45, 2.75) is 18.0 Å². The SMILES string of the molecule is CCSc1ccc(NC(=O)N2CCN(CC(F)(F)F)CC2)cc1. The molecule has 1 N–H and O–H groups in total. The third-order valence-corrected chi connectivity index (χ3v) is 4.37. The average Bonchev–Trinajstić information content (AvgIpc) is 2.48. The summed E-state index contributed by atoms with van der Waals surface area (Å²) in [6, 6.07) is 7.26. The van der Waals surface area contributed by atoms with Gasteiger partial charge in [-0.2, -0.15) is 13.2 Å². The van der Waals surface area contributed by atoms with Gasteiger partial charge in [-0.1, -0.05) is 6.92 Å². The first-order valence-electron chi connectivity index (χ1n) is 7.45. The number of halogens is 3. The number of nitrogens with one attached hydrogen (secondary N) is 1. The fourth-order valence-corrected chi connectivity index (χ4v) is 3.03. The Bertz CT molecular complexity index is 514. The lowest BCUT2D eigenvalue weighted by atomic mass is 10.3. The number of thioether (sulfide) groups is 1. The molecule has 1 aliphatic rings. The van der Waals surface area contributed by atoms with E-state index in [2.05, 4.69) is 12.2 Å². The van der Waals surface area contributed by atoms with Crippen LogP contribution in [-0.4, -0.2) is 60.5 Å². The zero-order chi connectivity index (χ0) is 16.9. The molecule has 0 atom stereocenters. The summed E-state index contributed by atoms with van der Waals surface area (Å²) < 4.78 is 37.0. The topological polar surface area (TPSA) is 35.6 Å². The predicted molar refractivity (Wildman–Crippen MR) is 85.9 cm³/mol. The zero-order valence-electron chi connectivity index (χ0n) is 12.9. The summed E-state index contributed by atoms with van der Waals surface area (Å²) in [6.07, 6.45) is -4.19. The van der Waals surface area contributed by atoms with E-state index in [1.807, 2.05) is 24.3 Å². The molecule has 1 saturated heterocycles. The van der Waals surface area contributed by atoms with Gasteiger partial charge in [-0.25, -0.2) is 4.79 Å². The Labute approximate surface area is 138 Å². The molecule has 1 aromatic carbocycles. The Kier molecular flexibility index (Phi) is 6.17. The largest absolute Gasteiger partial charge is 0.401 e. The minimum atomic E-state index is -4.19. The molecule has 1 aromatic rings. The molecule has 0 radical (unpaired) electrons. The normalized spacial score (nSPS) is 16.4. The molecule has 2 rings (SSSR count). The number of piperazine rings is 1. The number of hydrogen-bond acceptors (Lipinski definition) is 3. The van der Waals surface area contributed by atoms with Crippen LogP contribution in [0.4, 0.5) is 23.7 Å². The third kappa shape index (κ3) is 5.95. The van der Waals surface area contributed by atoms with E-state index in [9.17, 15) is 18.0 Å². The lowest BCUT2D eigenvalue weighted by Gasteiger charge is -2.34. The summed E-state index contributed by atoms with van der Waals surface area (Å²) in [4.78, 5) is 16.1. The highest BCUT2D eigenvalue weighted by Gasteiger charge is 2.32. The summed E-state index contributed by atoms with van der Waals surface area (Å²) in [7, 11) is 0. The number of anilines is 1. The second-order valence-corrected chi connectivity index (χ2v) is 6.60. The highest BCUT2D eigenvalue weighted by molar-refractivity contribution is 7.99. The second kappa shape index (κ2) is 7.92. The number of nitrogens with zero attached hydrogens (tertiary/aromatic N) is 2.